The zero-order chi connectivity index (χ0) is 8.39. The van der Waals surface area contributed by atoms with Gasteiger partial charge in [0.25, 0.3) is 0 Å². The maximum Gasteiger partial charge on any atom is 0.152 e. The molecule has 3 heteroatoms. The third kappa shape index (κ3) is 1.57. The molecule has 1 nitrogen and oxygen atoms in total. The van der Waals surface area contributed by atoms with Crippen LogP contribution in [0.15, 0.2) is 34.1 Å². The van der Waals surface area contributed by atoms with Gasteiger partial charge in [-0.1, -0.05) is 28.1 Å². The lowest BCUT2D eigenvalue weighted by Gasteiger charge is -1.94. The third-order valence-electron chi connectivity index (χ3n) is 1.53. The van der Waals surface area contributed by atoms with Gasteiger partial charge >= 0.3 is 0 Å². The van der Waals surface area contributed by atoms with E-state index in [1.165, 1.54) is 11.3 Å². The van der Waals surface area contributed by atoms with Crippen LogP contribution in [0.5, 0.6) is 0 Å². The smallest absolute Gasteiger partial charge is 0.152 e. The van der Waals surface area contributed by atoms with Crippen molar-refractivity contribution < 1.29 is 0 Å². The van der Waals surface area contributed by atoms with Crippen LogP contribution in [0.4, 0.5) is 0 Å². The molecule has 0 spiro atoms. The summed E-state index contributed by atoms with van der Waals surface area (Å²) in [4.78, 5) is 4.09. The van der Waals surface area contributed by atoms with Crippen molar-refractivity contribution in [3.05, 3.63) is 39.6 Å². The predicted molar refractivity (Wildman–Crippen MR) is 54.1 cm³/mol. The summed E-state index contributed by atoms with van der Waals surface area (Å²) in [6, 6.07) is 8.09. The molecule has 2 aromatic rings. The molecule has 0 saturated carbocycles. The normalized spacial score (nSPS) is 10.1. The first kappa shape index (κ1) is 7.95. The van der Waals surface area contributed by atoms with E-state index in [-0.39, 0.29) is 0 Å². The topological polar surface area (TPSA) is 12.9 Å². The molecule has 0 aliphatic heterocycles. The average molecular weight is 239 g/mol. The van der Waals surface area contributed by atoms with Crippen molar-refractivity contribution in [3.8, 4) is 11.3 Å². The molecule has 12 heavy (non-hydrogen) atoms. The van der Waals surface area contributed by atoms with Gasteiger partial charge in [-0.3, -0.25) is 0 Å². The van der Waals surface area contributed by atoms with Crippen LogP contribution in [0.2, 0.25) is 0 Å². The van der Waals surface area contributed by atoms with Gasteiger partial charge in [0.15, 0.2) is 5.51 Å². The van der Waals surface area contributed by atoms with Crippen molar-refractivity contribution in [3.63, 3.8) is 0 Å². The number of thiazole rings is 1. The number of hydrogen-bond donors (Lipinski definition) is 0. The average Bonchev–Trinajstić information content (AvgIpc) is 2.58. The first-order valence-corrected chi connectivity index (χ1v) is 5.11. The minimum Gasteiger partial charge on any atom is -0.233 e. The van der Waals surface area contributed by atoms with Gasteiger partial charge in [0.05, 0.1) is 5.69 Å². The van der Waals surface area contributed by atoms with Crippen LogP contribution in [-0.4, -0.2) is 4.98 Å². The molecule has 0 bridgehead atoms. The molecule has 0 unspecified atom stereocenters. The van der Waals surface area contributed by atoms with Crippen molar-refractivity contribution >= 4 is 27.3 Å². The fourth-order valence-corrected chi connectivity index (χ4v) is 1.71. The molecule has 0 aliphatic carbocycles. The molecule has 2 rings (SSSR count). The Balaban J connectivity index is 2.43. The Bertz CT molecular complexity index is 353. The number of halogens is 1. The van der Waals surface area contributed by atoms with Gasteiger partial charge in [-0.05, 0) is 12.1 Å². The second-order valence-electron chi connectivity index (χ2n) is 2.33. The van der Waals surface area contributed by atoms with Crippen LogP contribution in [0.3, 0.4) is 0 Å². The Morgan fingerprint density at radius 3 is 2.58 bits per heavy atom. The SMILES string of the molecule is Brc1ccc(-c2cs[c]n2)cc1. The van der Waals surface area contributed by atoms with Crippen molar-refractivity contribution in [1.29, 1.82) is 0 Å². The van der Waals surface area contributed by atoms with Crippen LogP contribution in [0.25, 0.3) is 11.3 Å². The number of rotatable bonds is 1. The number of hydrogen-bond acceptors (Lipinski definition) is 2. The second-order valence-corrected chi connectivity index (χ2v) is 3.90. The zero-order valence-electron chi connectivity index (χ0n) is 6.12. The lowest BCUT2D eigenvalue weighted by atomic mass is 10.2. The van der Waals surface area contributed by atoms with Crippen molar-refractivity contribution in [2.24, 2.45) is 0 Å². The van der Waals surface area contributed by atoms with Crippen LogP contribution in [0.1, 0.15) is 0 Å². The summed E-state index contributed by atoms with van der Waals surface area (Å²) in [5.41, 5.74) is 4.95. The molecular weight excluding hydrogens is 234 g/mol. The van der Waals surface area contributed by atoms with Gasteiger partial charge in [0.1, 0.15) is 0 Å². The molecule has 0 saturated heterocycles. The third-order valence-corrected chi connectivity index (χ3v) is 2.60. The van der Waals surface area contributed by atoms with Gasteiger partial charge in [-0.25, -0.2) is 4.98 Å². The Kier molecular flexibility index (Phi) is 2.23. The van der Waals surface area contributed by atoms with E-state index < -0.39 is 0 Å². The molecule has 0 fully saturated rings. The highest BCUT2D eigenvalue weighted by Gasteiger charge is 1.97. The fraction of sp³-hybridized carbons (Fsp3) is 0. The molecule has 0 amide bonds. The number of benzene rings is 1. The van der Waals surface area contributed by atoms with Gasteiger partial charge < -0.3 is 0 Å². The highest BCUT2D eigenvalue weighted by Crippen LogP contribution is 2.20. The van der Waals surface area contributed by atoms with E-state index in [0.717, 1.165) is 15.7 Å². The number of aromatic nitrogens is 1. The van der Waals surface area contributed by atoms with Gasteiger partial charge in [-0.15, -0.1) is 11.3 Å². The lowest BCUT2D eigenvalue weighted by molar-refractivity contribution is 1.40. The molecule has 59 valence electrons. The van der Waals surface area contributed by atoms with Crippen LogP contribution in [-0.2, 0) is 0 Å². The Labute approximate surface area is 83.2 Å². The molecule has 0 N–H and O–H groups in total. The Morgan fingerprint density at radius 2 is 2.00 bits per heavy atom. The molecule has 1 heterocycles. The highest BCUT2D eigenvalue weighted by molar-refractivity contribution is 9.10. The molecule has 0 atom stereocenters. The van der Waals surface area contributed by atoms with Crippen molar-refractivity contribution in [2.45, 2.75) is 0 Å². The van der Waals surface area contributed by atoms with Gasteiger partial charge in [-0.2, -0.15) is 0 Å². The first-order valence-electron chi connectivity index (χ1n) is 3.44. The molecule has 1 aromatic heterocycles. The van der Waals surface area contributed by atoms with Crippen LogP contribution >= 0.6 is 27.3 Å². The van der Waals surface area contributed by atoms with Gasteiger partial charge in [0.2, 0.25) is 0 Å². The zero-order valence-corrected chi connectivity index (χ0v) is 8.52. The molecule has 1 aromatic carbocycles. The fourth-order valence-electron chi connectivity index (χ4n) is 0.937. The minimum atomic E-state index is 0.993. The summed E-state index contributed by atoms with van der Waals surface area (Å²) in [6.07, 6.45) is 0. The highest BCUT2D eigenvalue weighted by atomic mass is 79.9. The van der Waals surface area contributed by atoms with E-state index >= 15 is 0 Å². The van der Waals surface area contributed by atoms with E-state index in [2.05, 4.69) is 26.4 Å². The maximum atomic E-state index is 4.09. The summed E-state index contributed by atoms with van der Waals surface area (Å²) in [7, 11) is 0. The Hall–Kier alpha value is -0.670. The Morgan fingerprint density at radius 1 is 1.25 bits per heavy atom. The molecular formula is C9H5BrNS. The monoisotopic (exact) mass is 238 g/mol. The van der Waals surface area contributed by atoms with E-state index in [0.29, 0.717) is 0 Å². The standard InChI is InChI=1S/C9H5BrNS/c10-8-3-1-7(2-4-8)9-5-12-6-11-9/h1-5H. The second kappa shape index (κ2) is 3.37. The predicted octanol–water partition coefficient (Wildman–Crippen LogP) is 3.37. The van der Waals surface area contributed by atoms with E-state index in [9.17, 15) is 0 Å². The summed E-state index contributed by atoms with van der Waals surface area (Å²) in [6.45, 7) is 0. The van der Waals surface area contributed by atoms with E-state index in [4.69, 9.17) is 0 Å². The van der Waals surface area contributed by atoms with E-state index in [1.54, 1.807) is 0 Å². The summed E-state index contributed by atoms with van der Waals surface area (Å²) in [5, 5.41) is 1.99. The van der Waals surface area contributed by atoms with E-state index in [1.807, 2.05) is 29.6 Å². The van der Waals surface area contributed by atoms with Crippen LogP contribution in [0, 0.1) is 5.51 Å². The molecule has 1 radical (unpaired) electrons. The quantitative estimate of drug-likeness (QED) is 0.743. The number of nitrogens with zero attached hydrogens (tertiary/aromatic N) is 1. The lowest BCUT2D eigenvalue weighted by Crippen LogP contribution is -1.75. The minimum absolute atomic E-state index is 0.993. The summed E-state index contributed by atoms with van der Waals surface area (Å²) >= 11 is 4.87. The summed E-state index contributed by atoms with van der Waals surface area (Å²) < 4.78 is 1.09. The molecule has 0 aliphatic rings. The summed E-state index contributed by atoms with van der Waals surface area (Å²) in [5.74, 6) is 0. The van der Waals surface area contributed by atoms with Crippen molar-refractivity contribution in [1.82, 2.24) is 4.98 Å². The van der Waals surface area contributed by atoms with Crippen molar-refractivity contribution in [2.75, 3.05) is 0 Å². The van der Waals surface area contributed by atoms with Crippen LogP contribution < -0.4 is 0 Å². The maximum absolute atomic E-state index is 4.09. The first-order chi connectivity index (χ1) is 5.86. The van der Waals surface area contributed by atoms with Gasteiger partial charge in [0, 0.05) is 15.4 Å². The largest absolute Gasteiger partial charge is 0.233 e.